The van der Waals surface area contributed by atoms with Gasteiger partial charge in [-0.2, -0.15) is 0 Å². The summed E-state index contributed by atoms with van der Waals surface area (Å²) in [6.07, 6.45) is 1.85. The average molecular weight is 998 g/mol. The van der Waals surface area contributed by atoms with Crippen LogP contribution in [-0.2, 0) is 16.2 Å². The lowest BCUT2D eigenvalue weighted by atomic mass is 9.70. The van der Waals surface area contributed by atoms with Crippen molar-refractivity contribution < 1.29 is 4.42 Å². The first-order chi connectivity index (χ1) is 35.2. The van der Waals surface area contributed by atoms with Crippen LogP contribution in [0.1, 0.15) is 74.9 Å². The van der Waals surface area contributed by atoms with Crippen molar-refractivity contribution in [3.8, 4) is 22.3 Å². The Hall–Kier alpha value is -7.26. The molecule has 2 aliphatic rings. The van der Waals surface area contributed by atoms with Crippen molar-refractivity contribution in [1.29, 1.82) is 0 Å². The van der Waals surface area contributed by atoms with Gasteiger partial charge >= 0.3 is 0 Å². The van der Waals surface area contributed by atoms with E-state index < -0.39 is 21.6 Å². The summed E-state index contributed by atoms with van der Waals surface area (Å²) in [5, 5.41) is 4.92. The monoisotopic (exact) mass is 997 g/mol. The van der Waals surface area contributed by atoms with E-state index in [0.717, 1.165) is 56.0 Å². The minimum Gasteiger partial charge on any atom is -0.437 e. The van der Waals surface area contributed by atoms with Crippen LogP contribution in [0.2, 0.25) is 39.3 Å². The fourth-order valence-electron chi connectivity index (χ4n) is 12.0. The van der Waals surface area contributed by atoms with E-state index in [2.05, 4.69) is 267 Å². The molecule has 0 unspecified atom stereocenters. The minimum atomic E-state index is -1.61. The highest BCUT2D eigenvalue weighted by Crippen LogP contribution is 2.66. The predicted molar refractivity (Wildman–Crippen MR) is 321 cm³/mol. The Labute approximate surface area is 440 Å². The van der Waals surface area contributed by atoms with Gasteiger partial charge < -0.3 is 14.2 Å². The van der Waals surface area contributed by atoms with Gasteiger partial charge in [-0.1, -0.05) is 194 Å². The summed E-state index contributed by atoms with van der Waals surface area (Å²) in [4.78, 5) is 9.89. The first-order valence-electron chi connectivity index (χ1n) is 26.4. The Kier molecular flexibility index (Phi) is 10.9. The summed E-state index contributed by atoms with van der Waals surface area (Å²) in [5.41, 5.74) is 19.8. The van der Waals surface area contributed by atoms with Crippen molar-refractivity contribution in [2.45, 2.75) is 97.1 Å². The largest absolute Gasteiger partial charge is 0.437 e. The smallest absolute Gasteiger partial charge is 0.227 e. The van der Waals surface area contributed by atoms with E-state index in [1.165, 1.54) is 60.4 Å². The summed E-state index contributed by atoms with van der Waals surface area (Å²) < 4.78 is 7.28. The molecule has 0 aliphatic heterocycles. The molecule has 0 saturated carbocycles. The molecular weight excluding hydrogens is 931 g/mol. The van der Waals surface area contributed by atoms with Gasteiger partial charge in [-0.15, -0.1) is 0 Å². The third kappa shape index (κ3) is 7.54. The van der Waals surface area contributed by atoms with E-state index in [1.807, 2.05) is 12.3 Å². The van der Waals surface area contributed by atoms with Gasteiger partial charge in [0.15, 0.2) is 0 Å². The van der Waals surface area contributed by atoms with Crippen LogP contribution >= 0.6 is 0 Å². The van der Waals surface area contributed by atoms with Gasteiger partial charge in [0.05, 0.1) is 38.0 Å². The van der Waals surface area contributed by atoms with Crippen LogP contribution in [0.3, 0.4) is 0 Å². The molecule has 0 fully saturated rings. The molecule has 0 amide bonds. The second-order valence-electron chi connectivity index (χ2n) is 24.9. The van der Waals surface area contributed by atoms with Gasteiger partial charge in [-0.25, -0.2) is 4.98 Å². The third-order valence-corrected chi connectivity index (χ3v) is 20.1. The maximum Gasteiger partial charge on any atom is 0.227 e. The highest BCUT2D eigenvalue weighted by molar-refractivity contribution is 6.89. The molecule has 0 N–H and O–H groups in total. The predicted octanol–water partition coefficient (Wildman–Crippen LogP) is 17.9. The zero-order chi connectivity index (χ0) is 51.7. The lowest BCUT2D eigenvalue weighted by Gasteiger charge is -2.34. The first-order valence-corrected chi connectivity index (χ1v) is 33.4. The van der Waals surface area contributed by atoms with Gasteiger partial charge in [0.2, 0.25) is 5.71 Å². The molecule has 4 nitrogen and oxygen atoms in total. The molecule has 8 aromatic carbocycles. The molecule has 2 heterocycles. The second-order valence-corrected chi connectivity index (χ2v) is 35.1. The van der Waals surface area contributed by atoms with Crippen molar-refractivity contribution in [3.63, 3.8) is 0 Å². The van der Waals surface area contributed by atoms with Crippen LogP contribution in [-0.4, -0.2) is 21.1 Å². The van der Waals surface area contributed by atoms with Crippen LogP contribution in [0.4, 0.5) is 34.1 Å². The quantitative estimate of drug-likeness (QED) is 0.142. The van der Waals surface area contributed by atoms with E-state index in [9.17, 15) is 0 Å². The lowest BCUT2D eigenvalue weighted by Crippen LogP contribution is -2.37. The molecule has 0 atom stereocenters. The minimum absolute atomic E-state index is 0.00123. The normalized spacial score (nSPS) is 13.8. The topological polar surface area (TPSA) is 32.5 Å². The highest BCUT2D eigenvalue weighted by atomic mass is 28.3. The van der Waals surface area contributed by atoms with Gasteiger partial charge in [-0.3, -0.25) is 0 Å². The number of benzene rings is 8. The van der Waals surface area contributed by atoms with Crippen LogP contribution < -0.4 is 20.2 Å². The standard InChI is InChI=1S/C68H67N3OSi2/c1-66(2,3)44-23-27-46(28-24-44)70(47-31-36-51(37-32-47)73(7,8)9)50-35-40-55-59(42-50)68(57-21-15-13-18-53(57)54-19-14-16-22-58(54)68)60-43-61(63-56-20-17-41-69-65(56)72-64(63)62(55)60)71(48-29-25-45(26-30-48)67(4,5)6)49-33-38-52(39-34-49)74(10,11)12/h13-43H,1-12H3. The molecular formula is C68H67N3OSi2. The highest BCUT2D eigenvalue weighted by Gasteiger charge is 2.53. The molecule has 0 saturated heterocycles. The number of nitrogens with zero attached hydrogens (tertiary/aromatic N) is 3. The van der Waals surface area contributed by atoms with Crippen molar-refractivity contribution in [2.24, 2.45) is 0 Å². The zero-order valence-electron chi connectivity index (χ0n) is 45.1. The van der Waals surface area contributed by atoms with Gasteiger partial charge in [0.1, 0.15) is 5.58 Å². The molecule has 2 aromatic heterocycles. The van der Waals surface area contributed by atoms with Gasteiger partial charge in [0.25, 0.3) is 0 Å². The Morgan fingerprint density at radius 3 is 1.38 bits per heavy atom. The zero-order valence-corrected chi connectivity index (χ0v) is 47.1. The third-order valence-electron chi connectivity index (χ3n) is 16.0. The Morgan fingerprint density at radius 1 is 0.432 bits per heavy atom. The number of aromatic nitrogens is 1. The Bertz CT molecular complexity index is 3640. The molecule has 6 heteroatoms. The number of hydrogen-bond acceptors (Lipinski definition) is 4. The molecule has 368 valence electrons. The molecule has 74 heavy (non-hydrogen) atoms. The Morgan fingerprint density at radius 2 is 0.892 bits per heavy atom. The SMILES string of the molecule is CC(C)(C)c1ccc(N(c2ccc([Si](C)(C)C)cc2)c2ccc3c(c2)C2(c4ccccc4-c4ccccc42)c2cc(N(c4ccc(C(C)(C)C)cc4)c4ccc([Si](C)(C)C)cc4)c4c(oc5ncccc54)c2-3)cc1. The summed E-state index contributed by atoms with van der Waals surface area (Å²) in [7, 11) is -3.17. The van der Waals surface area contributed by atoms with Crippen LogP contribution in [0.5, 0.6) is 0 Å². The molecule has 0 radical (unpaired) electrons. The summed E-state index contributed by atoms with van der Waals surface area (Å²) in [6, 6.07) is 69.5. The molecule has 1 spiro atoms. The van der Waals surface area contributed by atoms with Crippen molar-refractivity contribution in [3.05, 3.63) is 222 Å². The molecule has 2 aliphatic carbocycles. The van der Waals surface area contributed by atoms with Crippen LogP contribution in [0.25, 0.3) is 44.3 Å². The van der Waals surface area contributed by atoms with E-state index >= 15 is 0 Å². The number of hydrogen-bond donors (Lipinski definition) is 0. The average Bonchev–Trinajstić information content (AvgIpc) is 4.03. The van der Waals surface area contributed by atoms with Crippen LogP contribution in [0.15, 0.2) is 193 Å². The fraction of sp³-hybridized carbons (Fsp3) is 0.221. The van der Waals surface area contributed by atoms with Crippen LogP contribution in [0, 0.1) is 0 Å². The van der Waals surface area contributed by atoms with Gasteiger partial charge in [-0.05, 0) is 140 Å². The first kappa shape index (κ1) is 47.7. The van der Waals surface area contributed by atoms with Crippen molar-refractivity contribution >= 4 is 82.7 Å². The fourth-order valence-corrected chi connectivity index (χ4v) is 14.3. The molecule has 0 bridgehead atoms. The van der Waals surface area contributed by atoms with E-state index in [0.29, 0.717) is 5.71 Å². The number of fused-ring (bicyclic) bond motifs is 14. The van der Waals surface area contributed by atoms with Crippen molar-refractivity contribution in [1.82, 2.24) is 4.98 Å². The summed E-state index contributed by atoms with van der Waals surface area (Å²) in [5.74, 6) is 0. The van der Waals surface area contributed by atoms with E-state index in [1.54, 1.807) is 0 Å². The summed E-state index contributed by atoms with van der Waals surface area (Å²) >= 11 is 0. The van der Waals surface area contributed by atoms with E-state index in [4.69, 9.17) is 9.40 Å². The number of anilines is 6. The molecule has 10 aromatic rings. The maximum atomic E-state index is 7.28. The number of pyridine rings is 1. The number of rotatable bonds is 8. The van der Waals surface area contributed by atoms with E-state index in [-0.39, 0.29) is 10.8 Å². The Balaban J connectivity index is 1.18. The lowest BCUT2D eigenvalue weighted by molar-refractivity contribution is 0.590. The molecule has 12 rings (SSSR count). The van der Waals surface area contributed by atoms with Gasteiger partial charge in [0, 0.05) is 40.2 Å². The summed E-state index contributed by atoms with van der Waals surface area (Å²) in [6.45, 7) is 28.3. The van der Waals surface area contributed by atoms with Crippen molar-refractivity contribution in [2.75, 3.05) is 9.80 Å². The second kappa shape index (κ2) is 16.9. The maximum absolute atomic E-state index is 7.28. The number of furan rings is 1.